The molecule has 5 heteroatoms. The van der Waals surface area contributed by atoms with Gasteiger partial charge >= 0.3 is 0 Å². The first-order valence-corrected chi connectivity index (χ1v) is 8.45. The fraction of sp³-hybridized carbons (Fsp3) is 0.0476. The maximum Gasteiger partial charge on any atom is 0.262 e. The van der Waals surface area contributed by atoms with E-state index in [1.165, 1.54) is 0 Å². The number of carbonyl (C=O) groups is 1. The van der Waals surface area contributed by atoms with Gasteiger partial charge < -0.3 is 10.1 Å². The maximum atomic E-state index is 12.0. The summed E-state index contributed by atoms with van der Waals surface area (Å²) >= 11 is 6.07. The summed E-state index contributed by atoms with van der Waals surface area (Å²) in [7, 11) is 0. The van der Waals surface area contributed by atoms with Crippen molar-refractivity contribution in [2.75, 3.05) is 11.9 Å². The van der Waals surface area contributed by atoms with Crippen LogP contribution in [0.15, 0.2) is 83.9 Å². The normalized spacial score (nSPS) is 10.7. The molecule has 0 aliphatic carbocycles. The molecule has 0 unspecified atom stereocenters. The number of hydrogen-bond acceptors (Lipinski definition) is 3. The first-order chi connectivity index (χ1) is 12.7. The molecule has 0 atom stereocenters. The molecule has 1 amide bonds. The first kappa shape index (κ1) is 17.7. The average molecular weight is 365 g/mol. The van der Waals surface area contributed by atoms with Gasteiger partial charge in [0.15, 0.2) is 6.61 Å². The summed E-state index contributed by atoms with van der Waals surface area (Å²) < 4.78 is 5.65. The Kier molecular flexibility index (Phi) is 6.01. The lowest BCUT2D eigenvalue weighted by Gasteiger charge is -2.10. The van der Waals surface area contributed by atoms with Crippen LogP contribution in [0.25, 0.3) is 0 Å². The van der Waals surface area contributed by atoms with Crippen molar-refractivity contribution in [3.63, 3.8) is 0 Å². The van der Waals surface area contributed by atoms with Gasteiger partial charge in [-0.2, -0.15) is 0 Å². The van der Waals surface area contributed by atoms with Crippen LogP contribution >= 0.6 is 11.6 Å². The molecule has 0 aromatic heterocycles. The van der Waals surface area contributed by atoms with Gasteiger partial charge in [0.2, 0.25) is 0 Å². The highest BCUT2D eigenvalue weighted by atomic mass is 35.5. The van der Waals surface area contributed by atoms with E-state index in [1.54, 1.807) is 24.4 Å². The predicted molar refractivity (Wildman–Crippen MR) is 106 cm³/mol. The molecule has 130 valence electrons. The smallest absolute Gasteiger partial charge is 0.262 e. The van der Waals surface area contributed by atoms with E-state index in [9.17, 15) is 4.79 Å². The highest BCUT2D eigenvalue weighted by Gasteiger charge is 2.07. The molecule has 0 saturated carbocycles. The Balaban J connectivity index is 1.67. The lowest BCUT2D eigenvalue weighted by molar-refractivity contribution is -0.118. The van der Waals surface area contributed by atoms with Crippen LogP contribution in [-0.2, 0) is 4.79 Å². The summed E-state index contributed by atoms with van der Waals surface area (Å²) in [5, 5.41) is 3.35. The van der Waals surface area contributed by atoms with Gasteiger partial charge in [-0.1, -0.05) is 48.0 Å². The van der Waals surface area contributed by atoms with Crippen molar-refractivity contribution >= 4 is 35.1 Å². The fourth-order valence-electron chi connectivity index (χ4n) is 2.27. The summed E-state index contributed by atoms with van der Waals surface area (Å²) in [4.78, 5) is 16.5. The summed E-state index contributed by atoms with van der Waals surface area (Å²) in [5.74, 6) is 0.300. The number of hydrogen-bond donors (Lipinski definition) is 1. The summed E-state index contributed by atoms with van der Waals surface area (Å²) in [6.45, 7) is -0.108. The van der Waals surface area contributed by atoms with Crippen LogP contribution in [0.4, 0.5) is 11.4 Å². The first-order valence-electron chi connectivity index (χ1n) is 8.07. The van der Waals surface area contributed by atoms with E-state index in [0.29, 0.717) is 16.3 Å². The zero-order valence-electron chi connectivity index (χ0n) is 13.9. The molecule has 3 rings (SSSR count). The number of carbonyl (C=O) groups excluding carboxylic acids is 1. The Morgan fingerprint density at radius 1 is 1.00 bits per heavy atom. The SMILES string of the molecule is O=C(COc1ccc(Cl)cc1C=Nc1ccccc1)Nc1ccccc1. The zero-order chi connectivity index (χ0) is 18.2. The molecule has 0 bridgehead atoms. The fourth-order valence-corrected chi connectivity index (χ4v) is 2.45. The standard InChI is InChI=1S/C21H17ClN2O2/c22-17-11-12-20(16(13-17)14-23-18-7-3-1-4-8-18)26-15-21(25)24-19-9-5-2-6-10-19/h1-14H,15H2,(H,24,25). The molecular formula is C21H17ClN2O2. The number of ether oxygens (including phenoxy) is 1. The second-order valence-corrected chi connectivity index (χ2v) is 5.92. The lowest BCUT2D eigenvalue weighted by Crippen LogP contribution is -2.20. The molecular weight excluding hydrogens is 348 g/mol. The molecule has 0 saturated heterocycles. The minimum absolute atomic E-state index is 0.108. The molecule has 0 radical (unpaired) electrons. The van der Waals surface area contributed by atoms with Crippen molar-refractivity contribution in [3.8, 4) is 5.75 Å². The third-order valence-corrected chi connectivity index (χ3v) is 3.73. The van der Waals surface area contributed by atoms with Crippen molar-refractivity contribution in [2.24, 2.45) is 4.99 Å². The molecule has 0 aliphatic heterocycles. The number of rotatable bonds is 6. The molecule has 0 heterocycles. The van der Waals surface area contributed by atoms with Crippen molar-refractivity contribution in [2.45, 2.75) is 0 Å². The van der Waals surface area contributed by atoms with Crippen molar-refractivity contribution in [1.29, 1.82) is 0 Å². The minimum atomic E-state index is -0.239. The second-order valence-electron chi connectivity index (χ2n) is 5.48. The van der Waals surface area contributed by atoms with Crippen LogP contribution in [0.1, 0.15) is 5.56 Å². The van der Waals surface area contributed by atoms with E-state index >= 15 is 0 Å². The zero-order valence-corrected chi connectivity index (χ0v) is 14.7. The van der Waals surface area contributed by atoms with E-state index in [1.807, 2.05) is 60.7 Å². The van der Waals surface area contributed by atoms with Gasteiger partial charge in [-0.25, -0.2) is 0 Å². The Hall–Kier alpha value is -3.11. The molecule has 0 fully saturated rings. The number of para-hydroxylation sites is 2. The Morgan fingerprint density at radius 3 is 2.42 bits per heavy atom. The van der Waals surface area contributed by atoms with Gasteiger partial charge in [0.05, 0.1) is 5.69 Å². The van der Waals surface area contributed by atoms with Crippen molar-refractivity contribution < 1.29 is 9.53 Å². The third kappa shape index (κ3) is 5.19. The van der Waals surface area contributed by atoms with Gasteiger partial charge in [0.1, 0.15) is 5.75 Å². The number of anilines is 1. The topological polar surface area (TPSA) is 50.7 Å². The van der Waals surface area contributed by atoms with E-state index in [0.717, 1.165) is 11.4 Å². The number of nitrogens with zero attached hydrogens (tertiary/aromatic N) is 1. The van der Waals surface area contributed by atoms with Gasteiger partial charge in [0.25, 0.3) is 5.91 Å². The van der Waals surface area contributed by atoms with Gasteiger partial charge in [0, 0.05) is 22.5 Å². The van der Waals surface area contributed by atoms with Crippen LogP contribution in [0.2, 0.25) is 5.02 Å². The molecule has 0 aliphatic rings. The summed E-state index contributed by atoms with van der Waals surface area (Å²) in [5.41, 5.74) is 2.25. The lowest BCUT2D eigenvalue weighted by atomic mass is 10.2. The average Bonchev–Trinajstić information content (AvgIpc) is 2.67. The van der Waals surface area contributed by atoms with E-state index in [4.69, 9.17) is 16.3 Å². The van der Waals surface area contributed by atoms with Gasteiger partial charge in [-0.15, -0.1) is 0 Å². The van der Waals surface area contributed by atoms with Crippen LogP contribution in [-0.4, -0.2) is 18.7 Å². The molecule has 3 aromatic rings. The van der Waals surface area contributed by atoms with Crippen molar-refractivity contribution in [1.82, 2.24) is 0 Å². The molecule has 4 nitrogen and oxygen atoms in total. The van der Waals surface area contributed by atoms with E-state index < -0.39 is 0 Å². The number of halogens is 1. The van der Waals surface area contributed by atoms with Crippen LogP contribution in [0, 0.1) is 0 Å². The highest BCUT2D eigenvalue weighted by molar-refractivity contribution is 6.30. The largest absolute Gasteiger partial charge is 0.483 e. The third-order valence-electron chi connectivity index (χ3n) is 3.50. The Labute approximate surface area is 157 Å². The van der Waals surface area contributed by atoms with E-state index in [-0.39, 0.29) is 12.5 Å². The predicted octanol–water partition coefficient (Wildman–Crippen LogP) is 5.11. The monoisotopic (exact) mass is 364 g/mol. The van der Waals surface area contributed by atoms with Crippen LogP contribution in [0.3, 0.4) is 0 Å². The summed E-state index contributed by atoms with van der Waals surface area (Å²) in [6.07, 6.45) is 1.67. The van der Waals surface area contributed by atoms with Crippen LogP contribution in [0.5, 0.6) is 5.75 Å². The van der Waals surface area contributed by atoms with Gasteiger partial charge in [-0.3, -0.25) is 9.79 Å². The van der Waals surface area contributed by atoms with Crippen LogP contribution < -0.4 is 10.1 Å². The highest BCUT2D eigenvalue weighted by Crippen LogP contribution is 2.22. The number of amides is 1. The minimum Gasteiger partial charge on any atom is -0.483 e. The summed E-state index contributed by atoms with van der Waals surface area (Å²) in [6, 6.07) is 24.0. The molecule has 26 heavy (non-hydrogen) atoms. The Morgan fingerprint density at radius 2 is 1.69 bits per heavy atom. The quantitative estimate of drug-likeness (QED) is 0.618. The van der Waals surface area contributed by atoms with Crippen molar-refractivity contribution in [3.05, 3.63) is 89.4 Å². The van der Waals surface area contributed by atoms with Gasteiger partial charge in [-0.05, 0) is 42.5 Å². The second kappa shape index (κ2) is 8.83. The molecule has 3 aromatic carbocycles. The number of nitrogens with one attached hydrogen (secondary N) is 1. The maximum absolute atomic E-state index is 12.0. The van der Waals surface area contributed by atoms with E-state index in [2.05, 4.69) is 10.3 Å². The Bertz CT molecular complexity index is 896. The number of benzene rings is 3. The molecule has 1 N–H and O–H groups in total. The molecule has 0 spiro atoms. The number of aliphatic imine (C=N–C) groups is 1.